The minimum Gasteiger partial charge on any atom is -0.397 e. The first-order valence-electron chi connectivity index (χ1n) is 5.25. The second kappa shape index (κ2) is 3.75. The molecule has 0 amide bonds. The van der Waals surface area contributed by atoms with Crippen LogP contribution in [0.1, 0.15) is 0 Å². The van der Waals surface area contributed by atoms with Crippen LogP contribution < -0.4 is 11.5 Å². The Hall–Kier alpha value is -2.07. The van der Waals surface area contributed by atoms with Gasteiger partial charge in [-0.05, 0) is 29.7 Å². The number of anilines is 2. The molecule has 0 aliphatic heterocycles. The van der Waals surface area contributed by atoms with Crippen LogP contribution in [0.2, 0.25) is 0 Å². The fourth-order valence-electron chi connectivity index (χ4n) is 1.82. The van der Waals surface area contributed by atoms with Gasteiger partial charge in [0.15, 0.2) is 0 Å². The van der Waals surface area contributed by atoms with E-state index in [4.69, 9.17) is 11.5 Å². The van der Waals surface area contributed by atoms with Crippen LogP contribution in [0.5, 0.6) is 0 Å². The third kappa shape index (κ3) is 1.62. The molecule has 0 unspecified atom stereocenters. The van der Waals surface area contributed by atoms with Crippen molar-refractivity contribution in [2.45, 2.75) is 0 Å². The number of nitrogens with two attached hydrogens (primary N) is 2. The summed E-state index contributed by atoms with van der Waals surface area (Å²) in [5.74, 6) is 0. The zero-order valence-electron chi connectivity index (χ0n) is 9.05. The van der Waals surface area contributed by atoms with Gasteiger partial charge in [0.05, 0.1) is 21.8 Å². The largest absolute Gasteiger partial charge is 0.397 e. The van der Waals surface area contributed by atoms with Crippen molar-refractivity contribution in [3.63, 3.8) is 0 Å². The highest BCUT2D eigenvalue weighted by Crippen LogP contribution is 2.32. The van der Waals surface area contributed by atoms with Gasteiger partial charge < -0.3 is 11.5 Å². The van der Waals surface area contributed by atoms with E-state index in [1.54, 1.807) is 0 Å². The average molecular weight is 241 g/mol. The van der Waals surface area contributed by atoms with Crippen LogP contribution >= 0.6 is 11.5 Å². The van der Waals surface area contributed by atoms with Crippen molar-refractivity contribution < 1.29 is 0 Å². The lowest BCUT2D eigenvalue weighted by Gasteiger charge is -2.03. The zero-order chi connectivity index (χ0) is 11.8. The van der Waals surface area contributed by atoms with E-state index in [1.165, 1.54) is 16.2 Å². The average Bonchev–Trinajstić information content (AvgIpc) is 2.76. The molecule has 0 saturated heterocycles. The Kier molecular flexibility index (Phi) is 2.23. The molecule has 0 aliphatic rings. The maximum absolute atomic E-state index is 5.82. The van der Waals surface area contributed by atoms with Gasteiger partial charge in [0, 0.05) is 10.9 Å². The van der Waals surface area contributed by atoms with Gasteiger partial charge in [-0.2, -0.15) is 4.37 Å². The van der Waals surface area contributed by atoms with Gasteiger partial charge >= 0.3 is 0 Å². The number of fused-ring (bicyclic) bond motifs is 1. The van der Waals surface area contributed by atoms with Gasteiger partial charge in [0.25, 0.3) is 0 Å². The highest BCUT2D eigenvalue weighted by Gasteiger charge is 2.08. The van der Waals surface area contributed by atoms with Gasteiger partial charge in [-0.15, -0.1) is 0 Å². The van der Waals surface area contributed by atoms with Crippen molar-refractivity contribution in [3.05, 3.63) is 42.5 Å². The van der Waals surface area contributed by atoms with Crippen LogP contribution in [0.3, 0.4) is 0 Å². The fraction of sp³-hybridized carbons (Fsp3) is 0. The van der Waals surface area contributed by atoms with Crippen molar-refractivity contribution in [2.24, 2.45) is 0 Å². The van der Waals surface area contributed by atoms with Crippen LogP contribution in [0.15, 0.2) is 42.5 Å². The maximum atomic E-state index is 5.82. The van der Waals surface area contributed by atoms with Crippen molar-refractivity contribution in [1.82, 2.24) is 4.37 Å². The molecule has 1 heterocycles. The normalized spacial score (nSPS) is 10.8. The van der Waals surface area contributed by atoms with E-state index >= 15 is 0 Å². The quantitative estimate of drug-likeness (QED) is 0.643. The zero-order valence-corrected chi connectivity index (χ0v) is 9.87. The summed E-state index contributed by atoms with van der Waals surface area (Å²) in [6.45, 7) is 0. The van der Waals surface area contributed by atoms with Crippen LogP contribution in [-0.4, -0.2) is 4.37 Å². The van der Waals surface area contributed by atoms with Crippen LogP contribution in [0, 0.1) is 0 Å². The molecule has 84 valence electrons. The molecule has 1 aromatic heterocycles. The molecule has 0 fully saturated rings. The Morgan fingerprint density at radius 2 is 1.76 bits per heavy atom. The minimum absolute atomic E-state index is 0.597. The van der Waals surface area contributed by atoms with E-state index in [1.807, 2.05) is 30.3 Å². The van der Waals surface area contributed by atoms with Gasteiger partial charge in [0.1, 0.15) is 0 Å². The molecular weight excluding hydrogens is 230 g/mol. The second-order valence-corrected chi connectivity index (χ2v) is 4.68. The molecule has 3 nitrogen and oxygen atoms in total. The first-order valence-corrected chi connectivity index (χ1v) is 6.03. The fourth-order valence-corrected chi connectivity index (χ4v) is 2.61. The molecule has 0 spiro atoms. The molecule has 0 bridgehead atoms. The first kappa shape index (κ1) is 10.1. The smallest absolute Gasteiger partial charge is 0.0920 e. The molecule has 3 rings (SSSR count). The van der Waals surface area contributed by atoms with E-state index in [0.29, 0.717) is 11.4 Å². The number of aromatic nitrogens is 1. The lowest BCUT2D eigenvalue weighted by Crippen LogP contribution is -1.94. The second-order valence-electron chi connectivity index (χ2n) is 3.87. The van der Waals surface area contributed by atoms with Crippen molar-refractivity contribution in [1.29, 1.82) is 0 Å². The molecule has 4 N–H and O–H groups in total. The van der Waals surface area contributed by atoms with E-state index in [2.05, 4.69) is 16.5 Å². The Balaban J connectivity index is 2.24. The predicted molar refractivity (Wildman–Crippen MR) is 73.9 cm³/mol. The van der Waals surface area contributed by atoms with E-state index in [9.17, 15) is 0 Å². The van der Waals surface area contributed by atoms with Crippen molar-refractivity contribution in [2.75, 3.05) is 11.5 Å². The standard InChI is InChI=1S/C13H11N3S/c14-10-6-5-8(7-11(10)15)13-9-3-1-2-4-12(9)17-16-13/h1-7H,14-15H2. The number of hydrogen-bond acceptors (Lipinski definition) is 4. The van der Waals surface area contributed by atoms with Crippen molar-refractivity contribution in [3.8, 4) is 11.3 Å². The van der Waals surface area contributed by atoms with Gasteiger partial charge in [-0.25, -0.2) is 0 Å². The summed E-state index contributed by atoms with van der Waals surface area (Å²) in [6, 6.07) is 13.8. The Labute approximate surface area is 103 Å². The molecule has 17 heavy (non-hydrogen) atoms. The van der Waals surface area contributed by atoms with E-state index in [-0.39, 0.29) is 0 Å². The van der Waals surface area contributed by atoms with Crippen LogP contribution in [0.4, 0.5) is 11.4 Å². The molecule has 3 aromatic rings. The first-order chi connectivity index (χ1) is 8.25. The Bertz CT molecular complexity index is 688. The minimum atomic E-state index is 0.597. The number of rotatable bonds is 1. The SMILES string of the molecule is Nc1ccc(-c2nsc3ccccc23)cc1N. The highest BCUT2D eigenvalue weighted by molar-refractivity contribution is 7.13. The topological polar surface area (TPSA) is 64.9 Å². The third-order valence-corrected chi connectivity index (χ3v) is 3.56. The summed E-state index contributed by atoms with van der Waals surface area (Å²) in [5.41, 5.74) is 14.7. The molecule has 0 aliphatic carbocycles. The summed E-state index contributed by atoms with van der Waals surface area (Å²) < 4.78 is 5.66. The maximum Gasteiger partial charge on any atom is 0.0920 e. The van der Waals surface area contributed by atoms with Crippen molar-refractivity contribution >= 4 is 33.0 Å². The number of nitrogen functional groups attached to an aromatic ring is 2. The molecule has 0 atom stereocenters. The summed E-state index contributed by atoms with van der Waals surface area (Å²) in [5, 5.41) is 1.15. The summed E-state index contributed by atoms with van der Waals surface area (Å²) in [6.07, 6.45) is 0. The van der Waals surface area contributed by atoms with Gasteiger partial charge in [-0.1, -0.05) is 24.3 Å². The lowest BCUT2D eigenvalue weighted by atomic mass is 10.1. The van der Waals surface area contributed by atoms with Crippen LogP contribution in [-0.2, 0) is 0 Å². The molecular formula is C13H11N3S. The molecule has 4 heteroatoms. The number of benzene rings is 2. The molecule has 0 saturated carbocycles. The predicted octanol–water partition coefficient (Wildman–Crippen LogP) is 3.13. The summed E-state index contributed by atoms with van der Waals surface area (Å²) in [7, 11) is 0. The van der Waals surface area contributed by atoms with E-state index < -0.39 is 0 Å². The van der Waals surface area contributed by atoms with E-state index in [0.717, 1.165) is 16.6 Å². The Morgan fingerprint density at radius 3 is 2.59 bits per heavy atom. The number of hydrogen-bond donors (Lipinski definition) is 2. The highest BCUT2D eigenvalue weighted by atomic mass is 32.1. The van der Waals surface area contributed by atoms with Gasteiger partial charge in [-0.3, -0.25) is 0 Å². The van der Waals surface area contributed by atoms with Gasteiger partial charge in [0.2, 0.25) is 0 Å². The summed E-state index contributed by atoms with van der Waals surface area (Å²) >= 11 is 1.50. The third-order valence-electron chi connectivity index (χ3n) is 2.74. The Morgan fingerprint density at radius 1 is 0.941 bits per heavy atom. The number of nitrogens with zero attached hydrogens (tertiary/aromatic N) is 1. The molecule has 2 aromatic carbocycles. The monoisotopic (exact) mass is 241 g/mol. The molecule has 0 radical (unpaired) electrons. The van der Waals surface area contributed by atoms with Crippen LogP contribution in [0.25, 0.3) is 21.3 Å². The summed E-state index contributed by atoms with van der Waals surface area (Å²) in [4.78, 5) is 0. The lowest BCUT2D eigenvalue weighted by molar-refractivity contribution is 1.54.